The molecule has 2 aromatic rings. The summed E-state index contributed by atoms with van der Waals surface area (Å²) in [6, 6.07) is 14.9. The van der Waals surface area contributed by atoms with Gasteiger partial charge >= 0.3 is 0 Å². The first-order valence-corrected chi connectivity index (χ1v) is 6.34. The summed E-state index contributed by atoms with van der Waals surface area (Å²) in [6.45, 7) is 0. The highest BCUT2D eigenvalue weighted by molar-refractivity contribution is 6.30. The maximum atomic E-state index is 10.9. The molecule has 0 bridgehead atoms. The van der Waals surface area contributed by atoms with Crippen LogP contribution >= 0.6 is 11.6 Å². The zero-order chi connectivity index (χ0) is 13.8. The number of carbonyl (C=O) groups excluding carboxylic acids is 1. The molecule has 0 heterocycles. The first kappa shape index (κ1) is 13.6. The van der Waals surface area contributed by atoms with Crippen LogP contribution in [0.3, 0.4) is 0 Å². The topological polar surface area (TPSA) is 69.1 Å². The summed E-state index contributed by atoms with van der Waals surface area (Å²) in [7, 11) is 0. The van der Waals surface area contributed by atoms with Gasteiger partial charge in [0.2, 0.25) is 5.91 Å². The van der Waals surface area contributed by atoms with Crippen LogP contribution in [-0.4, -0.2) is 5.91 Å². The second-order valence-electron chi connectivity index (χ2n) is 4.41. The molecule has 0 radical (unpaired) electrons. The lowest BCUT2D eigenvalue weighted by molar-refractivity contribution is -0.118. The van der Waals surface area contributed by atoms with Crippen molar-refractivity contribution in [2.45, 2.75) is 12.5 Å². The smallest absolute Gasteiger partial charge is 0.219 e. The molecule has 1 atom stereocenters. The number of amides is 1. The second-order valence-corrected chi connectivity index (χ2v) is 4.85. The number of halogens is 1. The molecule has 2 aromatic carbocycles. The van der Waals surface area contributed by atoms with E-state index in [0.29, 0.717) is 5.02 Å². The van der Waals surface area contributed by atoms with Gasteiger partial charge in [-0.3, -0.25) is 4.79 Å². The highest BCUT2D eigenvalue weighted by atomic mass is 35.5. The third-order valence-electron chi connectivity index (χ3n) is 2.89. The Hall–Kier alpha value is -1.84. The maximum Gasteiger partial charge on any atom is 0.219 e. The fourth-order valence-corrected chi connectivity index (χ4v) is 2.14. The lowest BCUT2D eigenvalue weighted by Gasteiger charge is -2.11. The molecule has 2 rings (SSSR count). The van der Waals surface area contributed by atoms with Gasteiger partial charge in [-0.2, -0.15) is 0 Å². The van der Waals surface area contributed by atoms with Gasteiger partial charge in [0.15, 0.2) is 0 Å². The predicted molar refractivity (Wildman–Crippen MR) is 77.6 cm³/mol. The van der Waals surface area contributed by atoms with Crippen molar-refractivity contribution in [2.24, 2.45) is 11.5 Å². The lowest BCUT2D eigenvalue weighted by Crippen LogP contribution is -2.20. The molecule has 4 heteroatoms. The molecular formula is C15H15ClN2O. The standard InChI is InChI=1S/C15H15ClN2O/c16-13-6-2-4-11(8-13)10-3-1-5-12(7-10)14(17)9-15(18)19/h1-8,14H,9,17H2,(H2,18,19). The average molecular weight is 275 g/mol. The highest BCUT2D eigenvalue weighted by Gasteiger charge is 2.10. The molecule has 0 spiro atoms. The Morgan fingerprint density at radius 1 is 1.11 bits per heavy atom. The van der Waals surface area contributed by atoms with Gasteiger partial charge in [0.05, 0.1) is 0 Å². The van der Waals surface area contributed by atoms with Crippen molar-refractivity contribution >= 4 is 17.5 Å². The molecule has 0 saturated heterocycles. The summed E-state index contributed by atoms with van der Waals surface area (Å²) >= 11 is 5.98. The molecule has 0 aliphatic carbocycles. The molecule has 0 aromatic heterocycles. The largest absolute Gasteiger partial charge is 0.370 e. The van der Waals surface area contributed by atoms with Crippen LogP contribution in [0.4, 0.5) is 0 Å². The van der Waals surface area contributed by atoms with Crippen molar-refractivity contribution in [1.29, 1.82) is 0 Å². The highest BCUT2D eigenvalue weighted by Crippen LogP contribution is 2.25. The van der Waals surface area contributed by atoms with Crippen molar-refractivity contribution in [3.8, 4) is 11.1 Å². The van der Waals surface area contributed by atoms with Gasteiger partial charge in [-0.25, -0.2) is 0 Å². The van der Waals surface area contributed by atoms with Gasteiger partial charge in [-0.05, 0) is 34.9 Å². The summed E-state index contributed by atoms with van der Waals surface area (Å²) in [5.74, 6) is -0.402. The quantitative estimate of drug-likeness (QED) is 0.900. The van der Waals surface area contributed by atoms with Crippen molar-refractivity contribution in [1.82, 2.24) is 0 Å². The SMILES string of the molecule is NC(=O)CC(N)c1cccc(-c2cccc(Cl)c2)c1. The van der Waals surface area contributed by atoms with Gasteiger partial charge in [-0.15, -0.1) is 0 Å². The zero-order valence-electron chi connectivity index (χ0n) is 10.3. The van der Waals surface area contributed by atoms with E-state index in [1.165, 1.54) is 0 Å². The Kier molecular flexibility index (Phi) is 4.20. The Morgan fingerprint density at radius 2 is 1.74 bits per heavy atom. The van der Waals surface area contributed by atoms with Crippen LogP contribution in [0.2, 0.25) is 5.02 Å². The average Bonchev–Trinajstić information content (AvgIpc) is 2.38. The minimum absolute atomic E-state index is 0.138. The number of carbonyl (C=O) groups is 1. The Labute approximate surface area is 117 Å². The molecule has 0 saturated carbocycles. The van der Waals surface area contributed by atoms with Gasteiger partial charge < -0.3 is 11.5 Å². The van der Waals surface area contributed by atoms with E-state index in [4.69, 9.17) is 23.1 Å². The second kappa shape index (κ2) is 5.87. The minimum Gasteiger partial charge on any atom is -0.370 e. The Balaban J connectivity index is 2.31. The number of benzene rings is 2. The first-order chi connectivity index (χ1) is 9.06. The summed E-state index contributed by atoms with van der Waals surface area (Å²) in [6.07, 6.45) is 0.138. The van der Waals surface area contributed by atoms with Crippen LogP contribution in [0.1, 0.15) is 18.0 Å². The fourth-order valence-electron chi connectivity index (χ4n) is 1.95. The molecule has 4 N–H and O–H groups in total. The molecule has 19 heavy (non-hydrogen) atoms. The van der Waals surface area contributed by atoms with E-state index in [2.05, 4.69) is 0 Å². The van der Waals surface area contributed by atoms with Crippen LogP contribution < -0.4 is 11.5 Å². The van der Waals surface area contributed by atoms with Crippen LogP contribution in [0, 0.1) is 0 Å². The number of hydrogen-bond acceptors (Lipinski definition) is 2. The van der Waals surface area contributed by atoms with E-state index < -0.39 is 5.91 Å². The van der Waals surface area contributed by atoms with E-state index in [1.54, 1.807) is 0 Å². The van der Waals surface area contributed by atoms with E-state index in [1.807, 2.05) is 48.5 Å². The normalized spacial score (nSPS) is 12.1. The molecule has 0 aliphatic heterocycles. The molecule has 1 unspecified atom stereocenters. The predicted octanol–water partition coefficient (Wildman–Crippen LogP) is 2.88. The molecule has 98 valence electrons. The zero-order valence-corrected chi connectivity index (χ0v) is 11.1. The third kappa shape index (κ3) is 3.56. The van der Waals surface area contributed by atoms with Crippen molar-refractivity contribution < 1.29 is 4.79 Å². The summed E-state index contributed by atoms with van der Waals surface area (Å²) in [4.78, 5) is 10.9. The van der Waals surface area contributed by atoms with E-state index in [-0.39, 0.29) is 12.5 Å². The van der Waals surface area contributed by atoms with E-state index in [0.717, 1.165) is 16.7 Å². The van der Waals surface area contributed by atoms with Gasteiger partial charge in [0.25, 0.3) is 0 Å². The van der Waals surface area contributed by atoms with Crippen LogP contribution in [0.15, 0.2) is 48.5 Å². The number of hydrogen-bond donors (Lipinski definition) is 2. The number of nitrogens with two attached hydrogens (primary N) is 2. The molecule has 0 aliphatic rings. The lowest BCUT2D eigenvalue weighted by atomic mass is 9.98. The van der Waals surface area contributed by atoms with Gasteiger partial charge in [-0.1, -0.05) is 41.9 Å². The fraction of sp³-hybridized carbons (Fsp3) is 0.133. The maximum absolute atomic E-state index is 10.9. The Bertz CT molecular complexity index is 598. The van der Waals surface area contributed by atoms with Crippen molar-refractivity contribution in [2.75, 3.05) is 0 Å². The van der Waals surface area contributed by atoms with E-state index in [9.17, 15) is 4.79 Å². The van der Waals surface area contributed by atoms with Crippen molar-refractivity contribution in [3.63, 3.8) is 0 Å². The monoisotopic (exact) mass is 274 g/mol. The minimum atomic E-state index is -0.402. The molecule has 1 amide bonds. The van der Waals surface area contributed by atoms with Crippen LogP contribution in [0.5, 0.6) is 0 Å². The number of rotatable bonds is 4. The molecule has 3 nitrogen and oxygen atoms in total. The van der Waals surface area contributed by atoms with Gasteiger partial charge in [0, 0.05) is 17.5 Å². The van der Waals surface area contributed by atoms with Crippen molar-refractivity contribution in [3.05, 3.63) is 59.1 Å². The van der Waals surface area contributed by atoms with Crippen LogP contribution in [-0.2, 0) is 4.79 Å². The van der Waals surface area contributed by atoms with E-state index >= 15 is 0 Å². The van der Waals surface area contributed by atoms with Gasteiger partial charge in [0.1, 0.15) is 0 Å². The summed E-state index contributed by atoms with van der Waals surface area (Å²) in [5.41, 5.74) is 14.0. The molecular weight excluding hydrogens is 260 g/mol. The van der Waals surface area contributed by atoms with Crippen LogP contribution in [0.25, 0.3) is 11.1 Å². The third-order valence-corrected chi connectivity index (χ3v) is 3.13. The Morgan fingerprint density at radius 3 is 2.37 bits per heavy atom. The summed E-state index contributed by atoms with van der Waals surface area (Å²) in [5, 5.41) is 0.685. The molecule has 0 fully saturated rings. The summed E-state index contributed by atoms with van der Waals surface area (Å²) < 4.78 is 0. The number of primary amides is 1. The first-order valence-electron chi connectivity index (χ1n) is 5.96.